The number of alkyl halides is 5. The first-order valence-corrected chi connectivity index (χ1v) is 15.9. The maximum absolute atomic E-state index is 13.6. The molecule has 17 heteroatoms. The molecular weight excluding hydrogens is 706 g/mol. The number of benzene rings is 1. The van der Waals surface area contributed by atoms with Crippen LogP contribution in [0, 0.1) is 18.3 Å². The van der Waals surface area contributed by atoms with Crippen LogP contribution in [0.4, 0.5) is 22.0 Å². The lowest BCUT2D eigenvalue weighted by Crippen LogP contribution is -2.24. The number of aliphatic imine (C=N–C) groups is 1. The van der Waals surface area contributed by atoms with Crippen LogP contribution in [0.5, 0.6) is 5.75 Å². The molecule has 260 valence electrons. The van der Waals surface area contributed by atoms with E-state index in [1.165, 1.54) is 12.1 Å². The van der Waals surface area contributed by atoms with Crippen LogP contribution in [0.15, 0.2) is 26.3 Å². The largest absolute Gasteiger partial charge is 0.479 e. The van der Waals surface area contributed by atoms with Gasteiger partial charge in [-0.15, -0.1) is 23.3 Å². The molecule has 0 bridgehead atoms. The van der Waals surface area contributed by atoms with Gasteiger partial charge in [-0.3, -0.25) is 4.99 Å². The number of hydrogen-bond acceptors (Lipinski definition) is 9. The van der Waals surface area contributed by atoms with E-state index in [1.54, 1.807) is 13.8 Å². The van der Waals surface area contributed by atoms with Crippen molar-refractivity contribution < 1.29 is 40.6 Å². The minimum atomic E-state index is -4.97. The Balaban J connectivity index is 0.000000264. The molecule has 3 aromatic rings. The van der Waals surface area contributed by atoms with Gasteiger partial charge in [0.1, 0.15) is 23.1 Å². The first kappa shape index (κ1) is 38.8. The Morgan fingerprint density at radius 2 is 1.85 bits per heavy atom. The van der Waals surface area contributed by atoms with Crippen LogP contribution in [0.1, 0.15) is 79.8 Å². The fourth-order valence-electron chi connectivity index (χ4n) is 4.32. The molecular formula is C31H31Cl2F5N4O5S. The summed E-state index contributed by atoms with van der Waals surface area (Å²) in [6.45, 7) is 9.42. The van der Waals surface area contributed by atoms with Crippen LogP contribution in [-0.4, -0.2) is 51.8 Å². The number of esters is 1. The quantitative estimate of drug-likeness (QED) is 0.130. The van der Waals surface area contributed by atoms with Crippen molar-refractivity contribution in [1.29, 1.82) is 0 Å². The van der Waals surface area contributed by atoms with Crippen molar-refractivity contribution in [2.75, 3.05) is 26.0 Å². The van der Waals surface area contributed by atoms with Crippen LogP contribution >= 0.6 is 35.0 Å². The summed E-state index contributed by atoms with van der Waals surface area (Å²) in [5.74, 6) is 1.44. The summed E-state index contributed by atoms with van der Waals surface area (Å²) < 4.78 is 83.8. The molecule has 3 heterocycles. The molecule has 9 nitrogen and oxygen atoms in total. The highest BCUT2D eigenvalue weighted by atomic mass is 35.5. The summed E-state index contributed by atoms with van der Waals surface area (Å²) in [6.07, 6.45) is -3.19. The fraction of sp³-hybridized carbons (Fsp3) is 0.452. The van der Waals surface area contributed by atoms with Crippen LogP contribution in [0.2, 0.25) is 10.0 Å². The summed E-state index contributed by atoms with van der Waals surface area (Å²) in [5, 5.41) is 4.77. The summed E-state index contributed by atoms with van der Waals surface area (Å²) in [4.78, 5) is 31.4. The number of ether oxygens (including phenoxy) is 2. The van der Waals surface area contributed by atoms with E-state index in [1.807, 2.05) is 20.8 Å². The molecule has 48 heavy (non-hydrogen) atoms. The fourth-order valence-corrected chi connectivity index (χ4v) is 5.76. The molecule has 0 radical (unpaired) electrons. The second kappa shape index (κ2) is 15.7. The topological polar surface area (TPSA) is 109 Å². The number of terminal acetylenes is 1. The zero-order chi connectivity index (χ0) is 36.1. The van der Waals surface area contributed by atoms with Gasteiger partial charge in [-0.1, -0.05) is 63.7 Å². The molecule has 0 fully saturated rings. The first-order chi connectivity index (χ1) is 22.3. The number of carbonyl (C=O) groups is 1. The second-order valence-electron chi connectivity index (χ2n) is 11.6. The molecule has 0 atom stereocenters. The summed E-state index contributed by atoms with van der Waals surface area (Å²) in [6, 6.07) is 2.96. The van der Waals surface area contributed by atoms with Crippen molar-refractivity contribution in [2.45, 2.75) is 59.1 Å². The molecule has 4 rings (SSSR count). The maximum atomic E-state index is 13.6. The van der Waals surface area contributed by atoms with Crippen molar-refractivity contribution >= 4 is 46.0 Å². The minimum absolute atomic E-state index is 0.0231. The average molecular weight is 738 g/mol. The SMILES string of the molecule is C#CCOc1cc(-n2nc(C(C)(C)C)oc2=O)c(Cl)cc1Cl.COC(=O)c1c(C(F)F)nc(C(F)(F)F)c(C2=NCCS2)c1CC(C)C. The molecule has 2 aromatic heterocycles. The second-order valence-corrected chi connectivity index (χ2v) is 13.5. The molecule has 1 aromatic carbocycles. The zero-order valence-electron chi connectivity index (χ0n) is 26.6. The van der Waals surface area contributed by atoms with Gasteiger partial charge in [-0.2, -0.15) is 17.9 Å². The van der Waals surface area contributed by atoms with Gasteiger partial charge in [0, 0.05) is 29.3 Å². The highest BCUT2D eigenvalue weighted by Gasteiger charge is 2.42. The lowest BCUT2D eigenvalue weighted by atomic mass is 9.91. The minimum Gasteiger partial charge on any atom is -0.479 e. The van der Waals surface area contributed by atoms with Gasteiger partial charge >= 0.3 is 17.9 Å². The van der Waals surface area contributed by atoms with Crippen LogP contribution in [0.25, 0.3) is 5.69 Å². The molecule has 1 aliphatic heterocycles. The van der Waals surface area contributed by atoms with E-state index in [0.29, 0.717) is 29.6 Å². The molecule has 0 saturated heterocycles. The number of hydrogen-bond donors (Lipinski definition) is 0. The summed E-state index contributed by atoms with van der Waals surface area (Å²) in [7, 11) is 0.982. The van der Waals surface area contributed by atoms with Gasteiger partial charge in [-0.25, -0.2) is 23.4 Å². The molecule has 0 spiro atoms. The Morgan fingerprint density at radius 1 is 1.19 bits per heavy atom. The molecule has 0 aliphatic carbocycles. The standard InChI is InChI=1S/C16H17F5N2O2S.C15H14Cl2N2O3/c1-7(2)6-8-9(15(24)25-3)11(13(17)18)23-12(16(19,20)21)10(8)14-22-4-5-26-14;1-5-6-21-12-8-11(9(16)7-10(12)17)19-14(20)22-13(18-19)15(2,3)4/h7,13H,4-6H2,1-3H3;1,7-8H,6H2,2-4H3. The molecule has 0 amide bonds. The predicted octanol–water partition coefficient (Wildman–Crippen LogP) is 7.96. The van der Waals surface area contributed by atoms with E-state index in [9.17, 15) is 31.5 Å². The molecule has 0 saturated carbocycles. The summed E-state index contributed by atoms with van der Waals surface area (Å²) >= 11 is 13.3. The third kappa shape index (κ3) is 9.09. The molecule has 0 unspecified atom stereocenters. The van der Waals surface area contributed by atoms with E-state index < -0.39 is 52.3 Å². The Bertz CT molecular complexity index is 1790. The average Bonchev–Trinajstić information content (AvgIpc) is 3.65. The van der Waals surface area contributed by atoms with Crippen LogP contribution in [0.3, 0.4) is 0 Å². The maximum Gasteiger partial charge on any atom is 0.442 e. The smallest absolute Gasteiger partial charge is 0.442 e. The van der Waals surface area contributed by atoms with E-state index >= 15 is 0 Å². The Morgan fingerprint density at radius 3 is 2.33 bits per heavy atom. The molecule has 0 N–H and O–H groups in total. The van der Waals surface area contributed by atoms with Gasteiger partial charge in [-0.05, 0) is 24.0 Å². The van der Waals surface area contributed by atoms with E-state index in [0.717, 1.165) is 23.6 Å². The number of nitrogens with zero attached hydrogens (tertiary/aromatic N) is 4. The lowest BCUT2D eigenvalue weighted by molar-refractivity contribution is -0.141. The number of methoxy groups -OCH3 is 1. The number of halogens is 7. The Kier molecular flexibility index (Phi) is 12.7. The number of carbonyl (C=O) groups excluding carboxylic acids is 1. The zero-order valence-corrected chi connectivity index (χ0v) is 28.9. The van der Waals surface area contributed by atoms with Gasteiger partial charge < -0.3 is 13.9 Å². The third-order valence-corrected chi connectivity index (χ3v) is 7.93. The van der Waals surface area contributed by atoms with Gasteiger partial charge in [0.05, 0.1) is 28.4 Å². The van der Waals surface area contributed by atoms with Crippen LogP contribution in [-0.2, 0) is 22.7 Å². The highest BCUT2D eigenvalue weighted by Crippen LogP contribution is 2.40. The first-order valence-electron chi connectivity index (χ1n) is 14.2. The Hall–Kier alpha value is -3.61. The van der Waals surface area contributed by atoms with Gasteiger partial charge in [0.2, 0.25) is 5.89 Å². The lowest BCUT2D eigenvalue weighted by Gasteiger charge is -2.22. The number of rotatable bonds is 8. The molecule has 1 aliphatic rings. The van der Waals surface area contributed by atoms with Gasteiger partial charge in [0.15, 0.2) is 5.69 Å². The van der Waals surface area contributed by atoms with Crippen LogP contribution < -0.4 is 10.5 Å². The summed E-state index contributed by atoms with van der Waals surface area (Å²) in [5.41, 5.74) is -3.89. The predicted molar refractivity (Wildman–Crippen MR) is 173 cm³/mol. The number of aromatic nitrogens is 3. The Labute approximate surface area is 287 Å². The third-order valence-electron chi connectivity index (χ3n) is 6.34. The number of thioether (sulfide) groups is 1. The van der Waals surface area contributed by atoms with E-state index in [4.69, 9.17) is 38.8 Å². The normalized spacial score (nSPS) is 13.2. The van der Waals surface area contributed by atoms with Crippen molar-refractivity contribution in [3.05, 3.63) is 66.7 Å². The van der Waals surface area contributed by atoms with Crippen molar-refractivity contribution in [3.8, 4) is 23.8 Å². The number of pyridine rings is 1. The van der Waals surface area contributed by atoms with E-state index in [-0.39, 0.29) is 39.6 Å². The monoisotopic (exact) mass is 736 g/mol. The van der Waals surface area contributed by atoms with Crippen molar-refractivity contribution in [2.24, 2.45) is 10.9 Å². The van der Waals surface area contributed by atoms with Crippen molar-refractivity contribution in [1.82, 2.24) is 14.8 Å². The highest BCUT2D eigenvalue weighted by molar-refractivity contribution is 8.14. The van der Waals surface area contributed by atoms with Gasteiger partial charge in [0.25, 0.3) is 6.43 Å². The van der Waals surface area contributed by atoms with Crippen molar-refractivity contribution in [3.63, 3.8) is 0 Å². The van der Waals surface area contributed by atoms with E-state index in [2.05, 4.69) is 25.7 Å².